The number of likely N-dealkylation sites (tertiary alicyclic amines) is 1. The number of hydrogen-bond donors (Lipinski definition) is 0. The molecule has 2 fully saturated rings. The SMILES string of the molecule is CC(C)C1CC2(CCN(C(C)(C)C)C2)C1. The van der Waals surface area contributed by atoms with E-state index in [4.69, 9.17) is 0 Å². The van der Waals surface area contributed by atoms with Gasteiger partial charge in [0.15, 0.2) is 0 Å². The second-order valence-electron chi connectivity index (χ2n) is 7.25. The summed E-state index contributed by atoms with van der Waals surface area (Å²) in [5, 5.41) is 0. The molecule has 0 atom stereocenters. The Hall–Kier alpha value is -0.0400. The van der Waals surface area contributed by atoms with Crippen molar-refractivity contribution in [2.24, 2.45) is 17.3 Å². The van der Waals surface area contributed by atoms with Gasteiger partial charge in [-0.15, -0.1) is 0 Å². The molecule has 1 saturated carbocycles. The second-order valence-corrected chi connectivity index (χ2v) is 7.25. The summed E-state index contributed by atoms with van der Waals surface area (Å²) in [5.41, 5.74) is 1.11. The Balaban J connectivity index is 1.90. The van der Waals surface area contributed by atoms with E-state index in [2.05, 4.69) is 39.5 Å². The van der Waals surface area contributed by atoms with Crippen molar-refractivity contribution in [2.75, 3.05) is 13.1 Å². The van der Waals surface area contributed by atoms with Gasteiger partial charge in [0.25, 0.3) is 0 Å². The van der Waals surface area contributed by atoms with Gasteiger partial charge < -0.3 is 0 Å². The van der Waals surface area contributed by atoms with Crippen molar-refractivity contribution in [1.29, 1.82) is 0 Å². The molecular formula is C14H27N. The zero-order valence-corrected chi connectivity index (χ0v) is 11.1. The van der Waals surface area contributed by atoms with Crippen LogP contribution in [0, 0.1) is 17.3 Å². The van der Waals surface area contributed by atoms with Crippen molar-refractivity contribution in [2.45, 2.75) is 59.4 Å². The fourth-order valence-corrected chi connectivity index (χ4v) is 3.36. The van der Waals surface area contributed by atoms with Crippen molar-refractivity contribution >= 4 is 0 Å². The maximum absolute atomic E-state index is 2.68. The zero-order valence-electron chi connectivity index (χ0n) is 11.1. The van der Waals surface area contributed by atoms with Gasteiger partial charge in [0, 0.05) is 12.1 Å². The van der Waals surface area contributed by atoms with Crippen LogP contribution in [0.2, 0.25) is 0 Å². The Morgan fingerprint density at radius 3 is 2.20 bits per heavy atom. The Morgan fingerprint density at radius 2 is 1.80 bits per heavy atom. The Bertz CT molecular complexity index is 230. The summed E-state index contributed by atoms with van der Waals surface area (Å²) in [6, 6.07) is 0. The van der Waals surface area contributed by atoms with Crippen LogP contribution in [0.4, 0.5) is 0 Å². The molecule has 0 amide bonds. The van der Waals surface area contributed by atoms with E-state index >= 15 is 0 Å². The lowest BCUT2D eigenvalue weighted by Gasteiger charge is -2.48. The number of hydrogen-bond acceptors (Lipinski definition) is 1. The normalized spacial score (nSPS) is 37.6. The molecule has 1 aliphatic carbocycles. The first kappa shape index (κ1) is 11.4. The molecule has 15 heavy (non-hydrogen) atoms. The van der Waals surface area contributed by atoms with Crippen LogP contribution in [-0.4, -0.2) is 23.5 Å². The Kier molecular flexibility index (Phi) is 2.65. The summed E-state index contributed by atoms with van der Waals surface area (Å²) >= 11 is 0. The number of nitrogens with zero attached hydrogens (tertiary/aromatic N) is 1. The van der Waals surface area contributed by atoms with Crippen LogP contribution in [-0.2, 0) is 0 Å². The summed E-state index contributed by atoms with van der Waals surface area (Å²) in [7, 11) is 0. The van der Waals surface area contributed by atoms with E-state index in [1.807, 2.05) is 0 Å². The summed E-state index contributed by atoms with van der Waals surface area (Å²) in [5.74, 6) is 1.92. The minimum Gasteiger partial charge on any atom is -0.298 e. The van der Waals surface area contributed by atoms with Crippen LogP contribution >= 0.6 is 0 Å². The first-order valence-corrected chi connectivity index (χ1v) is 6.57. The van der Waals surface area contributed by atoms with Gasteiger partial charge in [-0.1, -0.05) is 13.8 Å². The molecule has 0 aromatic carbocycles. The molecule has 1 spiro atoms. The van der Waals surface area contributed by atoms with Crippen molar-refractivity contribution in [3.05, 3.63) is 0 Å². The minimum atomic E-state index is 0.381. The van der Waals surface area contributed by atoms with Gasteiger partial charge in [0.1, 0.15) is 0 Å². The third kappa shape index (κ3) is 2.08. The fourth-order valence-electron chi connectivity index (χ4n) is 3.36. The van der Waals surface area contributed by atoms with E-state index in [9.17, 15) is 0 Å². The molecule has 1 aliphatic heterocycles. The average molecular weight is 209 g/mol. The first-order valence-electron chi connectivity index (χ1n) is 6.57. The van der Waals surface area contributed by atoms with Gasteiger partial charge in [-0.05, 0) is 63.8 Å². The molecular weight excluding hydrogens is 182 g/mol. The molecule has 0 unspecified atom stereocenters. The van der Waals surface area contributed by atoms with E-state index in [0.29, 0.717) is 5.54 Å². The zero-order chi connectivity index (χ0) is 11.3. The van der Waals surface area contributed by atoms with Crippen LogP contribution in [0.25, 0.3) is 0 Å². The monoisotopic (exact) mass is 209 g/mol. The lowest BCUT2D eigenvalue weighted by Crippen LogP contribution is -2.45. The predicted molar refractivity (Wildman–Crippen MR) is 65.9 cm³/mol. The number of rotatable bonds is 1. The molecule has 1 nitrogen and oxygen atoms in total. The standard InChI is InChI=1S/C14H27N/c1-11(2)12-8-14(9-12)6-7-15(10-14)13(3,4)5/h11-12H,6-10H2,1-5H3. The molecule has 1 heteroatoms. The molecule has 2 rings (SSSR count). The van der Waals surface area contributed by atoms with Crippen molar-refractivity contribution in [3.8, 4) is 0 Å². The van der Waals surface area contributed by atoms with Gasteiger partial charge in [-0.25, -0.2) is 0 Å². The van der Waals surface area contributed by atoms with Crippen molar-refractivity contribution < 1.29 is 0 Å². The molecule has 88 valence electrons. The van der Waals surface area contributed by atoms with E-state index in [-0.39, 0.29) is 0 Å². The van der Waals surface area contributed by atoms with E-state index < -0.39 is 0 Å². The molecule has 0 radical (unpaired) electrons. The maximum atomic E-state index is 2.68. The first-order chi connectivity index (χ1) is 6.82. The smallest absolute Gasteiger partial charge is 0.0125 e. The van der Waals surface area contributed by atoms with Crippen LogP contribution in [0.5, 0.6) is 0 Å². The topological polar surface area (TPSA) is 3.24 Å². The van der Waals surface area contributed by atoms with Gasteiger partial charge >= 0.3 is 0 Å². The van der Waals surface area contributed by atoms with Gasteiger partial charge in [0.05, 0.1) is 0 Å². The second kappa shape index (κ2) is 3.48. The Morgan fingerprint density at radius 1 is 1.20 bits per heavy atom. The quantitative estimate of drug-likeness (QED) is 0.638. The fraction of sp³-hybridized carbons (Fsp3) is 1.00. The summed E-state index contributed by atoms with van der Waals surface area (Å²) in [4.78, 5) is 2.68. The highest BCUT2D eigenvalue weighted by atomic mass is 15.2. The van der Waals surface area contributed by atoms with Crippen LogP contribution < -0.4 is 0 Å². The van der Waals surface area contributed by atoms with Crippen LogP contribution in [0.1, 0.15) is 53.9 Å². The average Bonchev–Trinajstić information content (AvgIpc) is 2.43. The summed E-state index contributed by atoms with van der Waals surface area (Å²) in [6.07, 6.45) is 4.45. The van der Waals surface area contributed by atoms with E-state index in [1.54, 1.807) is 0 Å². The highest BCUT2D eigenvalue weighted by Gasteiger charge is 2.50. The summed E-state index contributed by atoms with van der Waals surface area (Å²) < 4.78 is 0. The lowest BCUT2D eigenvalue weighted by molar-refractivity contribution is 0.0231. The lowest BCUT2D eigenvalue weighted by atomic mass is 9.58. The highest BCUT2D eigenvalue weighted by Crippen LogP contribution is 2.54. The van der Waals surface area contributed by atoms with Crippen LogP contribution in [0.15, 0.2) is 0 Å². The third-order valence-corrected chi connectivity index (χ3v) is 4.72. The maximum Gasteiger partial charge on any atom is 0.0125 e. The summed E-state index contributed by atoms with van der Waals surface area (Å²) in [6.45, 7) is 14.5. The molecule has 2 aliphatic rings. The largest absolute Gasteiger partial charge is 0.298 e. The van der Waals surface area contributed by atoms with Gasteiger partial charge in [-0.3, -0.25) is 4.90 Å². The van der Waals surface area contributed by atoms with Gasteiger partial charge in [0.2, 0.25) is 0 Å². The molecule has 0 N–H and O–H groups in total. The molecule has 1 saturated heterocycles. The van der Waals surface area contributed by atoms with Crippen molar-refractivity contribution in [3.63, 3.8) is 0 Å². The molecule has 1 heterocycles. The molecule has 0 aromatic heterocycles. The van der Waals surface area contributed by atoms with Crippen LogP contribution in [0.3, 0.4) is 0 Å². The molecule has 0 aromatic rings. The Labute approximate surface area is 95.2 Å². The van der Waals surface area contributed by atoms with E-state index in [0.717, 1.165) is 17.3 Å². The molecule has 0 bridgehead atoms. The highest BCUT2D eigenvalue weighted by molar-refractivity contribution is 5.02. The van der Waals surface area contributed by atoms with E-state index in [1.165, 1.54) is 32.4 Å². The third-order valence-electron chi connectivity index (χ3n) is 4.72. The van der Waals surface area contributed by atoms with Crippen molar-refractivity contribution in [1.82, 2.24) is 4.90 Å². The minimum absolute atomic E-state index is 0.381. The van der Waals surface area contributed by atoms with Gasteiger partial charge in [-0.2, -0.15) is 0 Å². The predicted octanol–water partition coefficient (Wildman–Crippen LogP) is 3.54.